The van der Waals surface area contributed by atoms with Crippen LogP contribution in [0.4, 0.5) is 4.79 Å². The van der Waals surface area contributed by atoms with Gasteiger partial charge < -0.3 is 20.1 Å². The molecule has 0 aromatic carbocycles. The molecule has 0 aliphatic carbocycles. The van der Waals surface area contributed by atoms with Crippen molar-refractivity contribution in [1.29, 1.82) is 0 Å². The lowest BCUT2D eigenvalue weighted by Gasteiger charge is -2.34. The fourth-order valence-electron chi connectivity index (χ4n) is 2.23. The van der Waals surface area contributed by atoms with E-state index >= 15 is 0 Å². The molecular formula is C13H22N2O5. The predicted octanol–water partition coefficient (Wildman–Crippen LogP) is 0.977. The molecule has 1 fully saturated rings. The van der Waals surface area contributed by atoms with E-state index in [1.54, 1.807) is 13.8 Å². The molecule has 114 valence electrons. The Morgan fingerprint density at radius 3 is 2.60 bits per heavy atom. The van der Waals surface area contributed by atoms with E-state index in [4.69, 9.17) is 9.84 Å². The molecule has 0 aromatic rings. The number of carbonyl (C=O) groups is 3. The van der Waals surface area contributed by atoms with Gasteiger partial charge in [0.25, 0.3) is 0 Å². The second-order valence-electron chi connectivity index (χ2n) is 4.71. The fourth-order valence-corrected chi connectivity index (χ4v) is 2.23. The summed E-state index contributed by atoms with van der Waals surface area (Å²) >= 11 is 0. The van der Waals surface area contributed by atoms with Crippen molar-refractivity contribution in [1.82, 2.24) is 10.2 Å². The molecule has 0 spiro atoms. The molecule has 1 aliphatic rings. The summed E-state index contributed by atoms with van der Waals surface area (Å²) in [5.74, 6) is -1.50. The average Bonchev–Trinajstić information content (AvgIpc) is 2.44. The molecule has 2 unspecified atom stereocenters. The van der Waals surface area contributed by atoms with Crippen LogP contribution in [0.5, 0.6) is 0 Å². The first-order valence-electron chi connectivity index (χ1n) is 6.97. The number of hydrogen-bond acceptors (Lipinski definition) is 4. The van der Waals surface area contributed by atoms with Crippen LogP contribution in [0.3, 0.4) is 0 Å². The summed E-state index contributed by atoms with van der Waals surface area (Å²) in [7, 11) is 0. The monoisotopic (exact) mass is 286 g/mol. The highest BCUT2D eigenvalue weighted by atomic mass is 16.5. The lowest BCUT2D eigenvalue weighted by molar-refractivity contribution is -0.149. The largest absolute Gasteiger partial charge is 0.480 e. The molecule has 2 atom stereocenters. The zero-order valence-corrected chi connectivity index (χ0v) is 11.9. The maximum absolute atomic E-state index is 12.1. The molecular weight excluding hydrogens is 264 g/mol. The number of likely N-dealkylation sites (tertiary alicyclic amines) is 1. The number of ether oxygens (including phenoxy) is 1. The van der Waals surface area contributed by atoms with Crippen molar-refractivity contribution in [3.63, 3.8) is 0 Å². The average molecular weight is 286 g/mol. The molecule has 0 aromatic heterocycles. The molecule has 0 saturated carbocycles. The predicted molar refractivity (Wildman–Crippen MR) is 71.2 cm³/mol. The van der Waals surface area contributed by atoms with Gasteiger partial charge in [-0.25, -0.2) is 14.4 Å². The van der Waals surface area contributed by atoms with Crippen molar-refractivity contribution < 1.29 is 24.2 Å². The molecule has 1 rings (SSSR count). The first kappa shape index (κ1) is 16.3. The van der Waals surface area contributed by atoms with Gasteiger partial charge in [-0.1, -0.05) is 6.92 Å². The van der Waals surface area contributed by atoms with Gasteiger partial charge in [-0.3, -0.25) is 0 Å². The highest BCUT2D eigenvalue weighted by molar-refractivity contribution is 5.86. The van der Waals surface area contributed by atoms with Crippen LogP contribution in [-0.2, 0) is 14.3 Å². The Balaban J connectivity index is 2.71. The SMILES string of the molecule is CCOC(=O)C1CCCCN1C(=O)NC(CC)C(=O)O. The van der Waals surface area contributed by atoms with E-state index in [2.05, 4.69) is 5.32 Å². The summed E-state index contributed by atoms with van der Waals surface area (Å²) in [5, 5.41) is 11.4. The summed E-state index contributed by atoms with van der Waals surface area (Å²) in [5.41, 5.74) is 0. The van der Waals surface area contributed by atoms with Crippen LogP contribution in [0.1, 0.15) is 39.5 Å². The van der Waals surface area contributed by atoms with Gasteiger partial charge in [0.05, 0.1) is 6.61 Å². The van der Waals surface area contributed by atoms with E-state index in [-0.39, 0.29) is 6.61 Å². The van der Waals surface area contributed by atoms with Crippen LogP contribution in [0, 0.1) is 0 Å². The number of piperidine rings is 1. The topological polar surface area (TPSA) is 95.9 Å². The second kappa shape index (κ2) is 7.72. The van der Waals surface area contributed by atoms with E-state index in [0.717, 1.165) is 12.8 Å². The van der Waals surface area contributed by atoms with E-state index in [9.17, 15) is 14.4 Å². The van der Waals surface area contributed by atoms with Gasteiger partial charge in [0, 0.05) is 6.54 Å². The number of carboxylic acids is 1. The third-order valence-electron chi connectivity index (χ3n) is 3.33. The maximum Gasteiger partial charge on any atom is 0.328 e. The normalized spacial score (nSPS) is 20.1. The molecule has 20 heavy (non-hydrogen) atoms. The highest BCUT2D eigenvalue weighted by Gasteiger charge is 2.34. The van der Waals surface area contributed by atoms with Gasteiger partial charge in [0.1, 0.15) is 12.1 Å². The number of aliphatic carboxylic acids is 1. The molecule has 2 N–H and O–H groups in total. The number of urea groups is 1. The Hall–Kier alpha value is -1.79. The molecule has 0 bridgehead atoms. The van der Waals surface area contributed by atoms with Crippen molar-refractivity contribution in [2.75, 3.05) is 13.2 Å². The minimum atomic E-state index is -1.08. The van der Waals surface area contributed by atoms with Crippen LogP contribution in [0.2, 0.25) is 0 Å². The minimum Gasteiger partial charge on any atom is -0.480 e. The van der Waals surface area contributed by atoms with Crippen LogP contribution >= 0.6 is 0 Å². The van der Waals surface area contributed by atoms with Crippen molar-refractivity contribution in [2.45, 2.75) is 51.6 Å². The third kappa shape index (κ3) is 4.11. The first-order chi connectivity index (χ1) is 9.51. The Kier molecular flexibility index (Phi) is 6.27. The number of nitrogens with zero attached hydrogens (tertiary/aromatic N) is 1. The zero-order valence-electron chi connectivity index (χ0n) is 11.9. The van der Waals surface area contributed by atoms with E-state index in [1.807, 2.05) is 0 Å². The van der Waals surface area contributed by atoms with Gasteiger partial charge in [0.15, 0.2) is 0 Å². The summed E-state index contributed by atoms with van der Waals surface area (Å²) in [6, 6.07) is -2.07. The Bertz CT molecular complexity index is 372. The molecule has 1 aliphatic heterocycles. The minimum absolute atomic E-state index is 0.261. The summed E-state index contributed by atoms with van der Waals surface area (Å²) in [4.78, 5) is 36.3. The molecule has 7 heteroatoms. The Labute approximate surface area is 118 Å². The molecule has 2 amide bonds. The fraction of sp³-hybridized carbons (Fsp3) is 0.769. The standard InChI is InChI=1S/C13H22N2O5/c1-3-9(11(16)17)14-13(19)15-8-6-5-7-10(15)12(18)20-4-2/h9-10H,3-8H2,1-2H3,(H,14,19)(H,16,17). The Morgan fingerprint density at radius 1 is 1.35 bits per heavy atom. The maximum atomic E-state index is 12.1. The van der Waals surface area contributed by atoms with Crippen LogP contribution in [-0.4, -0.2) is 53.2 Å². The number of nitrogens with one attached hydrogen (secondary N) is 1. The molecule has 0 radical (unpaired) electrons. The van der Waals surface area contributed by atoms with Gasteiger partial charge in [0.2, 0.25) is 0 Å². The lowest BCUT2D eigenvalue weighted by atomic mass is 10.0. The summed E-state index contributed by atoms with van der Waals surface area (Å²) in [6.07, 6.45) is 2.49. The van der Waals surface area contributed by atoms with Crippen molar-refractivity contribution in [2.24, 2.45) is 0 Å². The molecule has 1 saturated heterocycles. The number of carboxylic acid groups (broad SMARTS) is 1. The van der Waals surface area contributed by atoms with E-state index in [1.165, 1.54) is 4.90 Å². The number of carbonyl (C=O) groups excluding carboxylic acids is 2. The summed E-state index contributed by atoms with van der Waals surface area (Å²) in [6.45, 7) is 4.09. The number of esters is 1. The molecule has 7 nitrogen and oxygen atoms in total. The third-order valence-corrected chi connectivity index (χ3v) is 3.33. The van der Waals surface area contributed by atoms with Crippen LogP contribution in [0.15, 0.2) is 0 Å². The highest BCUT2D eigenvalue weighted by Crippen LogP contribution is 2.18. The van der Waals surface area contributed by atoms with Crippen molar-refractivity contribution in [3.8, 4) is 0 Å². The number of amides is 2. The van der Waals surface area contributed by atoms with Gasteiger partial charge in [-0.05, 0) is 32.6 Å². The van der Waals surface area contributed by atoms with E-state index in [0.29, 0.717) is 19.4 Å². The molecule has 1 heterocycles. The Morgan fingerprint density at radius 2 is 2.05 bits per heavy atom. The van der Waals surface area contributed by atoms with Crippen LogP contribution < -0.4 is 5.32 Å². The van der Waals surface area contributed by atoms with Gasteiger partial charge >= 0.3 is 18.0 Å². The van der Waals surface area contributed by atoms with Crippen molar-refractivity contribution in [3.05, 3.63) is 0 Å². The van der Waals surface area contributed by atoms with Crippen molar-refractivity contribution >= 4 is 18.0 Å². The van der Waals surface area contributed by atoms with Gasteiger partial charge in [-0.15, -0.1) is 0 Å². The zero-order chi connectivity index (χ0) is 15.1. The van der Waals surface area contributed by atoms with E-state index < -0.39 is 30.1 Å². The van der Waals surface area contributed by atoms with Gasteiger partial charge in [-0.2, -0.15) is 0 Å². The van der Waals surface area contributed by atoms with Crippen LogP contribution in [0.25, 0.3) is 0 Å². The number of hydrogen-bond donors (Lipinski definition) is 2. The smallest absolute Gasteiger partial charge is 0.328 e. The number of rotatable bonds is 5. The lowest BCUT2D eigenvalue weighted by Crippen LogP contribution is -2.55. The quantitative estimate of drug-likeness (QED) is 0.734. The first-order valence-corrected chi connectivity index (χ1v) is 6.97. The summed E-state index contributed by atoms with van der Waals surface area (Å²) < 4.78 is 4.96. The second-order valence-corrected chi connectivity index (χ2v) is 4.71.